The number of carbonyl (C=O) groups is 1. The minimum Gasteiger partial charge on any atom is -0.480 e. The molecule has 2 N–H and O–H groups in total. The molecule has 0 atom stereocenters. The van der Waals surface area contributed by atoms with Crippen molar-refractivity contribution in [2.24, 2.45) is 4.36 Å². The lowest BCUT2D eigenvalue weighted by molar-refractivity contribution is -0.135. The van der Waals surface area contributed by atoms with Crippen molar-refractivity contribution in [3.63, 3.8) is 0 Å². The Labute approximate surface area is 84.0 Å². The van der Waals surface area contributed by atoms with Gasteiger partial charge in [-0.15, -0.1) is 0 Å². The molecule has 1 rings (SSSR count). The van der Waals surface area contributed by atoms with Crippen LogP contribution >= 0.6 is 0 Å². The lowest BCUT2D eigenvalue weighted by Crippen LogP contribution is -2.21. The molecule has 0 spiro atoms. The van der Waals surface area contributed by atoms with Crippen molar-refractivity contribution >= 4 is 16.5 Å². The van der Waals surface area contributed by atoms with Gasteiger partial charge >= 0.3 is 16.5 Å². The average Bonchev–Trinajstić information content (AvgIpc) is 2.18. The van der Waals surface area contributed by atoms with Crippen LogP contribution in [0.2, 0.25) is 0 Å². The number of nitrogens with one attached hydrogen (secondary N) is 1. The number of carboxylic acid groups (broad SMARTS) is 1. The zero-order chi connectivity index (χ0) is 10.8. The highest BCUT2D eigenvalue weighted by molar-refractivity contribution is 7.61. The van der Waals surface area contributed by atoms with Crippen LogP contribution < -0.4 is 5.32 Å². The first-order valence-electron chi connectivity index (χ1n) is 4.32. The molecular formula is C7H14N2O4S. The molecule has 1 heterocycles. The van der Waals surface area contributed by atoms with Crippen LogP contribution in [-0.2, 0) is 15.3 Å². The quantitative estimate of drug-likeness (QED) is 0.679. The van der Waals surface area contributed by atoms with Crippen molar-refractivity contribution < 1.29 is 18.3 Å². The second-order valence-electron chi connectivity index (χ2n) is 2.71. The number of hydrogen-bond acceptors (Lipinski definition) is 5. The van der Waals surface area contributed by atoms with Crippen LogP contribution in [0.4, 0.5) is 0 Å². The fourth-order valence-electron chi connectivity index (χ4n) is 0.910. The third kappa shape index (κ3) is 11.1. The highest BCUT2D eigenvalue weighted by Crippen LogP contribution is 1.96. The second-order valence-corrected chi connectivity index (χ2v) is 3.40. The van der Waals surface area contributed by atoms with Crippen LogP contribution in [0.5, 0.6) is 0 Å². The van der Waals surface area contributed by atoms with E-state index in [0.29, 0.717) is 0 Å². The number of nitrogens with zero attached hydrogens (tertiary/aromatic N) is 1. The van der Waals surface area contributed by atoms with E-state index < -0.39 is 23.0 Å². The Kier molecular flexibility index (Phi) is 8.05. The van der Waals surface area contributed by atoms with E-state index >= 15 is 0 Å². The van der Waals surface area contributed by atoms with Crippen molar-refractivity contribution in [1.29, 1.82) is 0 Å². The van der Waals surface area contributed by atoms with Gasteiger partial charge in [0.05, 0.1) is 0 Å². The van der Waals surface area contributed by atoms with Crippen LogP contribution in [0, 0.1) is 0 Å². The summed E-state index contributed by atoms with van der Waals surface area (Å²) in [6.07, 6.45) is 4.22. The van der Waals surface area contributed by atoms with Crippen molar-refractivity contribution in [3.8, 4) is 0 Å². The van der Waals surface area contributed by atoms with E-state index in [0.717, 1.165) is 0 Å². The molecule has 0 aliphatic carbocycles. The number of rotatable bonds is 2. The summed E-state index contributed by atoms with van der Waals surface area (Å²) in [7, 11) is -2.59. The highest BCUT2D eigenvalue weighted by Gasteiger charge is 1.93. The van der Waals surface area contributed by atoms with Gasteiger partial charge in [0.2, 0.25) is 0 Å². The maximum atomic E-state index is 9.54. The van der Waals surface area contributed by atoms with E-state index in [2.05, 4.69) is 9.68 Å². The molecule has 1 saturated heterocycles. The van der Waals surface area contributed by atoms with Gasteiger partial charge in [0, 0.05) is 0 Å². The topological polar surface area (TPSA) is 95.8 Å². The molecule has 0 unspecified atom stereocenters. The average molecular weight is 222 g/mol. The largest absolute Gasteiger partial charge is 0.480 e. The standard InChI is InChI=1S/C5H11N.C2H3NO4S/c1-2-4-6-5-3-1;4-2(5)1-3-8(6)7/h6H,1-5H2;1H2,(H,4,5). The van der Waals surface area contributed by atoms with Crippen molar-refractivity contribution in [3.05, 3.63) is 0 Å². The van der Waals surface area contributed by atoms with E-state index in [4.69, 9.17) is 5.11 Å². The maximum Gasteiger partial charge on any atom is 0.326 e. The van der Waals surface area contributed by atoms with E-state index in [9.17, 15) is 13.2 Å². The van der Waals surface area contributed by atoms with Crippen LogP contribution in [0.3, 0.4) is 0 Å². The molecule has 14 heavy (non-hydrogen) atoms. The Morgan fingerprint density at radius 1 is 1.29 bits per heavy atom. The summed E-state index contributed by atoms with van der Waals surface area (Å²) in [5.41, 5.74) is 0. The third-order valence-electron chi connectivity index (χ3n) is 1.51. The Balaban J connectivity index is 0.000000249. The summed E-state index contributed by atoms with van der Waals surface area (Å²) < 4.78 is 21.6. The normalized spacial score (nSPS) is 14.9. The molecule has 1 aliphatic heterocycles. The van der Waals surface area contributed by atoms with Gasteiger partial charge in [-0.25, -0.2) is 0 Å². The third-order valence-corrected chi connectivity index (χ3v) is 1.85. The summed E-state index contributed by atoms with van der Waals surface area (Å²) in [6.45, 7) is 1.82. The Hall–Kier alpha value is -0.950. The minimum atomic E-state index is -2.59. The fourth-order valence-corrected chi connectivity index (χ4v) is 1.13. The minimum absolute atomic E-state index is 0.684. The highest BCUT2D eigenvalue weighted by atomic mass is 32.2. The Morgan fingerprint density at radius 3 is 2.00 bits per heavy atom. The van der Waals surface area contributed by atoms with E-state index in [1.54, 1.807) is 0 Å². The van der Waals surface area contributed by atoms with Crippen LogP contribution in [0.25, 0.3) is 0 Å². The predicted octanol–water partition coefficient (Wildman–Crippen LogP) is -0.106. The molecule has 0 aromatic carbocycles. The van der Waals surface area contributed by atoms with Crippen molar-refractivity contribution in [2.75, 3.05) is 19.6 Å². The zero-order valence-electron chi connectivity index (χ0n) is 7.77. The van der Waals surface area contributed by atoms with Gasteiger partial charge in [0.15, 0.2) is 6.54 Å². The number of piperidine rings is 1. The molecule has 82 valence electrons. The zero-order valence-corrected chi connectivity index (χ0v) is 8.59. The molecule has 0 amide bonds. The molecule has 6 nitrogen and oxygen atoms in total. The molecule has 0 aromatic heterocycles. The lowest BCUT2D eigenvalue weighted by atomic mass is 10.2. The first-order valence-corrected chi connectivity index (χ1v) is 5.35. The van der Waals surface area contributed by atoms with Crippen molar-refractivity contribution in [2.45, 2.75) is 19.3 Å². The van der Waals surface area contributed by atoms with Gasteiger partial charge in [-0.1, -0.05) is 6.42 Å². The fraction of sp³-hybridized carbons (Fsp3) is 0.857. The van der Waals surface area contributed by atoms with E-state index in [-0.39, 0.29) is 0 Å². The molecule has 1 fully saturated rings. The molecular weight excluding hydrogens is 208 g/mol. The maximum absolute atomic E-state index is 9.54. The summed E-state index contributed by atoms with van der Waals surface area (Å²) in [4.78, 5) is 9.54. The number of hydrogen-bond donors (Lipinski definition) is 2. The predicted molar refractivity (Wildman–Crippen MR) is 50.6 cm³/mol. The van der Waals surface area contributed by atoms with Crippen molar-refractivity contribution in [1.82, 2.24) is 5.32 Å². The van der Waals surface area contributed by atoms with Crippen LogP contribution in [0.15, 0.2) is 4.36 Å². The first-order chi connectivity index (χ1) is 6.63. The Bertz CT molecular complexity index is 263. The van der Waals surface area contributed by atoms with E-state index in [1.807, 2.05) is 0 Å². The summed E-state index contributed by atoms with van der Waals surface area (Å²) >= 11 is 0. The lowest BCUT2D eigenvalue weighted by Gasteiger charge is -2.08. The first kappa shape index (κ1) is 13.1. The molecule has 0 saturated carbocycles. The van der Waals surface area contributed by atoms with Gasteiger partial charge in [-0.3, -0.25) is 4.79 Å². The smallest absolute Gasteiger partial charge is 0.326 e. The molecule has 0 bridgehead atoms. The summed E-state index contributed by atoms with van der Waals surface area (Å²) in [5, 5.41) is 11.1. The Morgan fingerprint density at radius 2 is 1.86 bits per heavy atom. The second kappa shape index (κ2) is 8.64. The molecule has 7 heteroatoms. The summed E-state index contributed by atoms with van der Waals surface area (Å²) in [6, 6.07) is 0. The summed E-state index contributed by atoms with van der Waals surface area (Å²) in [5.74, 6) is -1.26. The van der Waals surface area contributed by atoms with Gasteiger partial charge < -0.3 is 10.4 Å². The SMILES string of the molecule is C1CCNCC1.O=C(O)CN=S(=O)=O. The van der Waals surface area contributed by atoms with Gasteiger partial charge in [-0.2, -0.15) is 12.8 Å². The van der Waals surface area contributed by atoms with Crippen LogP contribution in [-0.4, -0.2) is 39.1 Å². The monoisotopic (exact) mass is 222 g/mol. The molecule has 0 aromatic rings. The van der Waals surface area contributed by atoms with E-state index in [1.165, 1.54) is 32.4 Å². The number of carboxylic acids is 1. The van der Waals surface area contributed by atoms with Crippen LogP contribution in [0.1, 0.15) is 19.3 Å². The van der Waals surface area contributed by atoms with Gasteiger partial charge in [-0.05, 0) is 25.9 Å². The van der Waals surface area contributed by atoms with Gasteiger partial charge in [0.25, 0.3) is 0 Å². The van der Waals surface area contributed by atoms with Gasteiger partial charge in [0.1, 0.15) is 0 Å². The molecule has 1 aliphatic rings. The molecule has 0 radical (unpaired) electrons. The number of aliphatic carboxylic acids is 1.